The minimum atomic E-state index is -5.04. The number of likely N-dealkylation sites (tertiary alicyclic amines) is 1. The molecule has 1 aliphatic heterocycles. The molecule has 37 heavy (non-hydrogen) atoms. The van der Waals surface area contributed by atoms with Gasteiger partial charge in [0.1, 0.15) is 6.33 Å². The number of halogens is 7. The molecule has 3 rings (SSSR count). The monoisotopic (exact) mass is 537 g/mol. The summed E-state index contributed by atoms with van der Waals surface area (Å²) in [4.78, 5) is 29.5. The Bertz CT molecular complexity index is 1180. The standard InChI is InChI=1S/C22H22F7N5O3/c1-19(2,3)34(18(36)37)11-20(23)9-32(10-20)16(35)4-5-33-12-30-17(31-33)13-6-14(21(24,25)26)8-15(7-13)22(27,28)29/h4-8,12H,9-11H2,1-3H3,(H,36,37). The Labute approximate surface area is 206 Å². The Morgan fingerprint density at radius 3 is 2.05 bits per heavy atom. The van der Waals surface area contributed by atoms with E-state index in [-0.39, 0.29) is 19.2 Å². The molecule has 0 saturated carbocycles. The third-order valence-electron chi connectivity index (χ3n) is 5.47. The van der Waals surface area contributed by atoms with Crippen LogP contribution >= 0.6 is 0 Å². The van der Waals surface area contributed by atoms with E-state index in [4.69, 9.17) is 0 Å². The fourth-order valence-corrected chi connectivity index (χ4v) is 3.58. The van der Waals surface area contributed by atoms with Gasteiger partial charge in [-0.15, -0.1) is 5.10 Å². The number of aromatic nitrogens is 3. The molecule has 2 aromatic rings. The number of carbonyl (C=O) groups is 2. The van der Waals surface area contributed by atoms with Gasteiger partial charge in [0.15, 0.2) is 11.5 Å². The maximum Gasteiger partial charge on any atom is 0.416 e. The van der Waals surface area contributed by atoms with E-state index in [1.807, 2.05) is 0 Å². The minimum Gasteiger partial charge on any atom is -0.465 e. The molecule has 0 unspecified atom stereocenters. The molecule has 0 atom stereocenters. The van der Waals surface area contributed by atoms with Crippen LogP contribution in [0.4, 0.5) is 35.5 Å². The van der Waals surface area contributed by atoms with Crippen molar-refractivity contribution in [2.24, 2.45) is 0 Å². The summed E-state index contributed by atoms with van der Waals surface area (Å²) in [6, 6.07) is 0.930. The van der Waals surface area contributed by atoms with Gasteiger partial charge in [-0.25, -0.2) is 18.9 Å². The molecule has 1 aromatic heterocycles. The number of amides is 2. The first-order valence-corrected chi connectivity index (χ1v) is 10.7. The van der Waals surface area contributed by atoms with Gasteiger partial charge in [-0.05, 0) is 39.0 Å². The first-order valence-electron chi connectivity index (χ1n) is 10.7. The van der Waals surface area contributed by atoms with Crippen molar-refractivity contribution in [2.45, 2.75) is 44.3 Å². The van der Waals surface area contributed by atoms with E-state index in [1.165, 1.54) is 0 Å². The van der Waals surface area contributed by atoms with Gasteiger partial charge in [0.2, 0.25) is 5.91 Å². The van der Waals surface area contributed by atoms with Gasteiger partial charge in [0.25, 0.3) is 0 Å². The first kappa shape index (κ1) is 27.9. The molecular weight excluding hydrogens is 515 g/mol. The lowest BCUT2D eigenvalue weighted by Crippen LogP contribution is -2.66. The van der Waals surface area contributed by atoms with Crippen LogP contribution in [0, 0.1) is 0 Å². The maximum absolute atomic E-state index is 14.9. The fraction of sp³-hybridized carbons (Fsp3) is 0.455. The summed E-state index contributed by atoms with van der Waals surface area (Å²) in [6.07, 6.45) is -8.40. The zero-order valence-corrected chi connectivity index (χ0v) is 19.7. The van der Waals surface area contributed by atoms with Crippen LogP contribution in [-0.4, -0.2) is 72.5 Å². The largest absolute Gasteiger partial charge is 0.465 e. The normalized spacial score (nSPS) is 16.1. The smallest absolute Gasteiger partial charge is 0.416 e. The molecule has 1 fully saturated rings. The van der Waals surface area contributed by atoms with Gasteiger partial charge >= 0.3 is 18.4 Å². The average molecular weight is 537 g/mol. The summed E-state index contributed by atoms with van der Waals surface area (Å²) in [5.74, 6) is -1.11. The molecule has 0 radical (unpaired) electrons. The molecule has 1 aromatic carbocycles. The zero-order valence-electron chi connectivity index (χ0n) is 19.7. The number of hydrogen-bond donors (Lipinski definition) is 1. The lowest BCUT2D eigenvalue weighted by Gasteiger charge is -2.47. The lowest BCUT2D eigenvalue weighted by molar-refractivity contribution is -0.143. The topological polar surface area (TPSA) is 91.6 Å². The van der Waals surface area contributed by atoms with Crippen molar-refractivity contribution in [1.82, 2.24) is 24.6 Å². The van der Waals surface area contributed by atoms with Crippen LogP contribution in [0.5, 0.6) is 0 Å². The van der Waals surface area contributed by atoms with Gasteiger partial charge in [-0.3, -0.25) is 4.79 Å². The highest BCUT2D eigenvalue weighted by atomic mass is 19.4. The quantitative estimate of drug-likeness (QED) is 0.438. The van der Waals surface area contributed by atoms with Crippen molar-refractivity contribution in [2.75, 3.05) is 19.6 Å². The summed E-state index contributed by atoms with van der Waals surface area (Å²) < 4.78 is 94.3. The van der Waals surface area contributed by atoms with E-state index in [0.29, 0.717) is 12.1 Å². The van der Waals surface area contributed by atoms with E-state index in [0.717, 1.165) is 33.1 Å². The molecule has 15 heteroatoms. The molecule has 1 aliphatic rings. The Hall–Kier alpha value is -3.65. The van der Waals surface area contributed by atoms with E-state index in [1.54, 1.807) is 20.8 Å². The predicted molar refractivity (Wildman–Crippen MR) is 116 cm³/mol. The number of carbonyl (C=O) groups excluding carboxylic acids is 1. The van der Waals surface area contributed by atoms with Crippen molar-refractivity contribution in [3.8, 4) is 11.4 Å². The number of hydrogen-bond acceptors (Lipinski definition) is 4. The first-order chi connectivity index (χ1) is 16.8. The summed E-state index contributed by atoms with van der Waals surface area (Å²) in [5, 5.41) is 13.1. The molecule has 8 nitrogen and oxygen atoms in total. The van der Waals surface area contributed by atoms with Crippen molar-refractivity contribution in [3.05, 3.63) is 41.7 Å². The van der Waals surface area contributed by atoms with Crippen LogP contribution in [0.25, 0.3) is 17.6 Å². The minimum absolute atomic E-state index is 0.0196. The van der Waals surface area contributed by atoms with Gasteiger partial charge in [0.05, 0.1) is 30.8 Å². The molecular formula is C22H22F7N5O3. The van der Waals surface area contributed by atoms with Crippen LogP contribution < -0.4 is 0 Å². The van der Waals surface area contributed by atoms with Crippen molar-refractivity contribution in [3.63, 3.8) is 0 Å². The lowest BCUT2D eigenvalue weighted by atomic mass is 9.93. The summed E-state index contributed by atoms with van der Waals surface area (Å²) in [7, 11) is 0. The summed E-state index contributed by atoms with van der Waals surface area (Å²) in [6.45, 7) is 3.62. The van der Waals surface area contributed by atoms with E-state index in [9.17, 15) is 45.4 Å². The van der Waals surface area contributed by atoms with Gasteiger partial charge in [-0.2, -0.15) is 26.3 Å². The zero-order chi connectivity index (χ0) is 28.0. The van der Waals surface area contributed by atoms with Crippen molar-refractivity contribution < 1.29 is 45.4 Å². The Balaban J connectivity index is 1.70. The Morgan fingerprint density at radius 1 is 1.05 bits per heavy atom. The number of nitrogens with zero attached hydrogens (tertiary/aromatic N) is 5. The molecule has 0 bridgehead atoms. The van der Waals surface area contributed by atoms with Crippen molar-refractivity contribution in [1.29, 1.82) is 0 Å². The van der Waals surface area contributed by atoms with E-state index >= 15 is 0 Å². The van der Waals surface area contributed by atoms with Gasteiger partial charge in [-0.1, -0.05) is 0 Å². The second-order valence-corrected chi connectivity index (χ2v) is 9.54. The molecule has 2 heterocycles. The highest BCUT2D eigenvalue weighted by Crippen LogP contribution is 2.38. The molecule has 1 N–H and O–H groups in total. The number of alkyl halides is 7. The van der Waals surface area contributed by atoms with Gasteiger partial charge < -0.3 is 14.9 Å². The third-order valence-corrected chi connectivity index (χ3v) is 5.47. The molecule has 2 amide bonds. The number of rotatable bonds is 5. The van der Waals surface area contributed by atoms with Crippen LogP contribution in [-0.2, 0) is 17.1 Å². The van der Waals surface area contributed by atoms with Crippen LogP contribution in [0.15, 0.2) is 30.6 Å². The highest BCUT2D eigenvalue weighted by Gasteiger charge is 2.48. The Kier molecular flexibility index (Phi) is 7.05. The fourth-order valence-electron chi connectivity index (χ4n) is 3.58. The molecule has 202 valence electrons. The van der Waals surface area contributed by atoms with Crippen LogP contribution in [0.2, 0.25) is 0 Å². The van der Waals surface area contributed by atoms with E-state index < -0.39 is 64.6 Å². The van der Waals surface area contributed by atoms with Crippen LogP contribution in [0.3, 0.4) is 0 Å². The SMILES string of the molecule is CC(C)(C)N(CC1(F)CN(C(=O)C=Cn2cnc(-c3cc(C(F)(F)F)cc(C(F)(F)F)c3)n2)C1)C(=O)O. The summed E-state index contributed by atoms with van der Waals surface area (Å²) >= 11 is 0. The molecule has 0 spiro atoms. The maximum atomic E-state index is 14.9. The van der Waals surface area contributed by atoms with E-state index in [2.05, 4.69) is 10.1 Å². The number of benzene rings is 1. The average Bonchev–Trinajstić information content (AvgIpc) is 3.20. The second kappa shape index (κ2) is 9.34. The van der Waals surface area contributed by atoms with Gasteiger partial charge in [0, 0.05) is 23.4 Å². The van der Waals surface area contributed by atoms with Crippen LogP contribution in [0.1, 0.15) is 31.9 Å². The Morgan fingerprint density at radius 2 is 1.59 bits per heavy atom. The molecule has 1 saturated heterocycles. The third kappa shape index (κ3) is 6.57. The predicted octanol–water partition coefficient (Wildman–Crippen LogP) is 4.78. The molecule has 0 aliphatic carbocycles. The summed E-state index contributed by atoms with van der Waals surface area (Å²) in [5.41, 5.74) is -6.40. The van der Waals surface area contributed by atoms with Crippen molar-refractivity contribution >= 4 is 18.2 Å². The second-order valence-electron chi connectivity index (χ2n) is 9.54. The highest BCUT2D eigenvalue weighted by molar-refractivity contribution is 5.91. The number of carboxylic acid groups (broad SMARTS) is 1.